The first-order valence-electron chi connectivity index (χ1n) is 10.8. The summed E-state index contributed by atoms with van der Waals surface area (Å²) in [5, 5.41) is 13.0. The molecule has 2 aromatic carbocycles. The second kappa shape index (κ2) is 10.0. The fraction of sp³-hybridized carbons (Fsp3) is 0.333. The highest BCUT2D eigenvalue weighted by atomic mass is 19.1. The number of tetrazole rings is 1. The molecular formula is C24H27FN6O2. The summed E-state index contributed by atoms with van der Waals surface area (Å²) in [6.07, 6.45) is 0. The number of hydrogen-bond donors (Lipinski definition) is 1. The van der Waals surface area contributed by atoms with Crippen LogP contribution in [0.25, 0.3) is 10.9 Å². The van der Waals surface area contributed by atoms with Crippen LogP contribution < -0.4 is 5.56 Å². The van der Waals surface area contributed by atoms with E-state index in [4.69, 9.17) is 4.74 Å². The number of methoxy groups -OCH3 is 1. The number of benzene rings is 2. The van der Waals surface area contributed by atoms with Crippen LogP contribution in [0.1, 0.15) is 28.1 Å². The van der Waals surface area contributed by atoms with Crippen molar-refractivity contribution >= 4 is 10.9 Å². The molecule has 0 aliphatic heterocycles. The summed E-state index contributed by atoms with van der Waals surface area (Å²) < 4.78 is 20.3. The molecule has 172 valence electrons. The number of hydrogen-bond acceptors (Lipinski definition) is 6. The average Bonchev–Trinajstić information content (AvgIpc) is 3.24. The number of H-pyrrole nitrogens is 1. The Morgan fingerprint density at radius 3 is 2.58 bits per heavy atom. The third kappa shape index (κ3) is 5.32. The van der Waals surface area contributed by atoms with Gasteiger partial charge in [-0.05, 0) is 59.2 Å². The lowest BCUT2D eigenvalue weighted by Gasteiger charge is -2.22. The number of aromatic nitrogens is 5. The van der Waals surface area contributed by atoms with Crippen molar-refractivity contribution < 1.29 is 9.13 Å². The van der Waals surface area contributed by atoms with Crippen LogP contribution in [0.15, 0.2) is 47.3 Å². The number of aryl methyl sites for hydroxylation is 2. The maximum Gasteiger partial charge on any atom is 0.252 e. The maximum atomic E-state index is 13.4. The normalized spacial score (nSPS) is 11.5. The summed E-state index contributed by atoms with van der Waals surface area (Å²) in [5.74, 6) is 0.379. The van der Waals surface area contributed by atoms with Crippen molar-refractivity contribution in [3.8, 4) is 0 Å². The number of aromatic amines is 1. The van der Waals surface area contributed by atoms with Gasteiger partial charge in [0.2, 0.25) is 0 Å². The van der Waals surface area contributed by atoms with Gasteiger partial charge >= 0.3 is 0 Å². The Morgan fingerprint density at radius 2 is 1.82 bits per heavy atom. The van der Waals surface area contributed by atoms with Gasteiger partial charge in [0.25, 0.3) is 5.56 Å². The zero-order valence-electron chi connectivity index (χ0n) is 19.0. The van der Waals surface area contributed by atoms with Crippen molar-refractivity contribution in [1.82, 2.24) is 30.1 Å². The van der Waals surface area contributed by atoms with Gasteiger partial charge in [-0.15, -0.1) is 5.10 Å². The molecule has 0 bridgehead atoms. The van der Waals surface area contributed by atoms with E-state index in [2.05, 4.69) is 31.5 Å². The molecule has 0 amide bonds. The van der Waals surface area contributed by atoms with Gasteiger partial charge in [-0.2, -0.15) is 0 Å². The van der Waals surface area contributed by atoms with Gasteiger partial charge in [-0.3, -0.25) is 9.69 Å². The standard InChI is InChI=1S/C24H27FN6O2/c1-16-4-5-17(2)23-21(16)12-19(24(32)26-23)14-30(13-18-6-8-20(25)9-7-18)15-22-27-28-29-31(22)10-11-33-3/h4-9,12H,10-11,13-15H2,1-3H3,(H,26,32). The van der Waals surface area contributed by atoms with Gasteiger partial charge in [0.05, 0.1) is 25.2 Å². The summed E-state index contributed by atoms with van der Waals surface area (Å²) in [7, 11) is 1.63. The van der Waals surface area contributed by atoms with E-state index in [0.717, 1.165) is 27.6 Å². The molecule has 4 rings (SSSR count). The van der Waals surface area contributed by atoms with Crippen molar-refractivity contribution in [2.45, 2.75) is 40.0 Å². The molecule has 0 spiro atoms. The zero-order valence-corrected chi connectivity index (χ0v) is 19.0. The molecule has 0 atom stereocenters. The Labute approximate surface area is 191 Å². The fourth-order valence-corrected chi connectivity index (χ4v) is 3.88. The third-order valence-electron chi connectivity index (χ3n) is 5.71. The first-order chi connectivity index (χ1) is 15.9. The molecule has 1 N–H and O–H groups in total. The van der Waals surface area contributed by atoms with Gasteiger partial charge in [0.15, 0.2) is 5.82 Å². The van der Waals surface area contributed by atoms with E-state index in [0.29, 0.717) is 44.2 Å². The zero-order chi connectivity index (χ0) is 23.4. The van der Waals surface area contributed by atoms with Gasteiger partial charge in [-0.25, -0.2) is 9.07 Å². The number of halogens is 1. The predicted octanol–water partition coefficient (Wildman–Crippen LogP) is 3.12. The van der Waals surface area contributed by atoms with E-state index in [-0.39, 0.29) is 11.4 Å². The monoisotopic (exact) mass is 450 g/mol. The lowest BCUT2D eigenvalue weighted by Crippen LogP contribution is -2.28. The number of ether oxygens (including phenoxy) is 1. The SMILES string of the molecule is COCCn1nnnc1CN(Cc1ccc(F)cc1)Cc1cc2c(C)ccc(C)c2[nH]c1=O. The highest BCUT2D eigenvalue weighted by Crippen LogP contribution is 2.21. The minimum atomic E-state index is -0.286. The molecule has 0 saturated heterocycles. The lowest BCUT2D eigenvalue weighted by atomic mass is 10.0. The molecule has 0 unspecified atom stereocenters. The van der Waals surface area contributed by atoms with Crippen LogP contribution in [-0.4, -0.2) is 43.8 Å². The predicted molar refractivity (Wildman–Crippen MR) is 123 cm³/mol. The van der Waals surface area contributed by atoms with E-state index in [9.17, 15) is 9.18 Å². The Morgan fingerprint density at radius 1 is 1.06 bits per heavy atom. The van der Waals surface area contributed by atoms with E-state index in [1.54, 1.807) is 23.9 Å². The molecule has 8 nitrogen and oxygen atoms in total. The minimum Gasteiger partial charge on any atom is -0.383 e. The fourth-order valence-electron chi connectivity index (χ4n) is 3.88. The highest BCUT2D eigenvalue weighted by molar-refractivity contribution is 5.85. The second-order valence-corrected chi connectivity index (χ2v) is 8.19. The number of rotatable bonds is 9. The lowest BCUT2D eigenvalue weighted by molar-refractivity contribution is 0.177. The number of fused-ring (bicyclic) bond motifs is 1. The van der Waals surface area contributed by atoms with Gasteiger partial charge < -0.3 is 9.72 Å². The molecular weight excluding hydrogens is 423 g/mol. The van der Waals surface area contributed by atoms with Crippen LogP contribution in [-0.2, 0) is 30.9 Å². The molecule has 9 heteroatoms. The van der Waals surface area contributed by atoms with Gasteiger partial charge in [0.1, 0.15) is 5.82 Å². The highest BCUT2D eigenvalue weighted by Gasteiger charge is 2.16. The molecule has 33 heavy (non-hydrogen) atoms. The van der Waals surface area contributed by atoms with Crippen LogP contribution in [0, 0.1) is 19.7 Å². The second-order valence-electron chi connectivity index (χ2n) is 8.19. The van der Waals surface area contributed by atoms with Crippen molar-refractivity contribution in [3.05, 3.63) is 86.7 Å². The molecule has 4 aromatic rings. The number of nitrogens with zero attached hydrogens (tertiary/aromatic N) is 5. The van der Waals surface area contributed by atoms with Gasteiger partial charge in [0, 0.05) is 31.1 Å². The van der Waals surface area contributed by atoms with Gasteiger partial charge in [-0.1, -0.05) is 24.3 Å². The summed E-state index contributed by atoms with van der Waals surface area (Å²) in [4.78, 5) is 18.1. The Kier molecular flexibility index (Phi) is 6.90. The third-order valence-corrected chi connectivity index (χ3v) is 5.71. The van der Waals surface area contributed by atoms with Crippen LogP contribution in [0.4, 0.5) is 4.39 Å². The summed E-state index contributed by atoms with van der Waals surface area (Å²) in [6, 6.07) is 12.4. The van der Waals surface area contributed by atoms with Crippen molar-refractivity contribution in [1.29, 1.82) is 0 Å². The number of pyridine rings is 1. The van der Waals surface area contributed by atoms with Crippen molar-refractivity contribution in [3.63, 3.8) is 0 Å². The van der Waals surface area contributed by atoms with Crippen LogP contribution in [0.3, 0.4) is 0 Å². The molecule has 0 fully saturated rings. The van der Waals surface area contributed by atoms with E-state index in [1.807, 2.05) is 26.0 Å². The van der Waals surface area contributed by atoms with E-state index in [1.165, 1.54) is 12.1 Å². The summed E-state index contributed by atoms with van der Waals surface area (Å²) in [5.41, 5.74) is 4.43. The first-order valence-corrected chi connectivity index (χ1v) is 10.8. The topological polar surface area (TPSA) is 88.9 Å². The first kappa shape index (κ1) is 22.8. The Hall–Kier alpha value is -3.43. The largest absolute Gasteiger partial charge is 0.383 e. The van der Waals surface area contributed by atoms with E-state index < -0.39 is 0 Å². The van der Waals surface area contributed by atoms with Crippen molar-refractivity contribution in [2.75, 3.05) is 13.7 Å². The molecule has 0 radical (unpaired) electrons. The molecule has 0 aliphatic carbocycles. The Bertz CT molecular complexity index is 1300. The quantitative estimate of drug-likeness (QED) is 0.422. The molecule has 2 aromatic heterocycles. The Balaban J connectivity index is 1.67. The van der Waals surface area contributed by atoms with Crippen LogP contribution in [0.2, 0.25) is 0 Å². The van der Waals surface area contributed by atoms with Crippen LogP contribution in [0.5, 0.6) is 0 Å². The van der Waals surface area contributed by atoms with Crippen molar-refractivity contribution in [2.24, 2.45) is 0 Å². The maximum absolute atomic E-state index is 13.4. The summed E-state index contributed by atoms with van der Waals surface area (Å²) in [6.45, 7) is 6.33. The molecule has 0 saturated carbocycles. The number of nitrogens with one attached hydrogen (secondary N) is 1. The van der Waals surface area contributed by atoms with Crippen LogP contribution >= 0.6 is 0 Å². The molecule has 2 heterocycles. The van der Waals surface area contributed by atoms with E-state index >= 15 is 0 Å². The average molecular weight is 451 g/mol. The minimum absolute atomic E-state index is 0.126. The summed E-state index contributed by atoms with van der Waals surface area (Å²) >= 11 is 0. The smallest absolute Gasteiger partial charge is 0.252 e. The molecule has 0 aliphatic rings.